The Labute approximate surface area is 214 Å². The van der Waals surface area contributed by atoms with Gasteiger partial charge in [-0.1, -0.05) is 42.2 Å². The van der Waals surface area contributed by atoms with Crippen LogP contribution >= 0.6 is 35.3 Å². The van der Waals surface area contributed by atoms with E-state index in [-0.39, 0.29) is 30.9 Å². The van der Waals surface area contributed by atoms with E-state index in [2.05, 4.69) is 24.3 Å². The van der Waals surface area contributed by atoms with Crippen LogP contribution in [-0.4, -0.2) is 65.8 Å². The van der Waals surface area contributed by atoms with Crippen molar-refractivity contribution < 1.29 is 14.3 Å². The number of thiophene rings is 1. The van der Waals surface area contributed by atoms with Gasteiger partial charge in [0.05, 0.1) is 11.0 Å². The highest BCUT2D eigenvalue weighted by Gasteiger charge is 2.33. The summed E-state index contributed by atoms with van der Waals surface area (Å²) in [5.41, 5.74) is 2.19. The number of anilines is 1. The molecule has 1 atom stereocenters. The molecule has 0 spiro atoms. The van der Waals surface area contributed by atoms with Gasteiger partial charge in [-0.2, -0.15) is 0 Å². The summed E-state index contributed by atoms with van der Waals surface area (Å²) in [4.78, 5) is 33.2. The van der Waals surface area contributed by atoms with Crippen LogP contribution < -0.4 is 4.90 Å². The SMILES string of the molecule is CN(C)c1ccc(CN(CC2CCCO2)C(=O)CCN2C(=O)/C(=C/c3cccs3)SC2=S)cc1. The van der Waals surface area contributed by atoms with Gasteiger partial charge in [-0.25, -0.2) is 0 Å². The van der Waals surface area contributed by atoms with Crippen LogP contribution in [0, 0.1) is 0 Å². The number of thioether (sulfide) groups is 1. The van der Waals surface area contributed by atoms with Crippen LogP contribution in [0.1, 0.15) is 29.7 Å². The average Bonchev–Trinajstić information content (AvgIpc) is 3.57. The quantitative estimate of drug-likeness (QED) is 0.359. The Morgan fingerprint density at radius 1 is 1.26 bits per heavy atom. The van der Waals surface area contributed by atoms with Crippen LogP contribution in [0.2, 0.25) is 0 Å². The zero-order valence-corrected chi connectivity index (χ0v) is 21.9. The Morgan fingerprint density at radius 3 is 2.71 bits per heavy atom. The third-order valence-electron chi connectivity index (χ3n) is 5.87. The lowest BCUT2D eigenvalue weighted by atomic mass is 10.1. The molecule has 1 unspecified atom stereocenters. The molecule has 1 aromatic carbocycles. The number of hydrogen-bond acceptors (Lipinski definition) is 7. The molecule has 1 aromatic heterocycles. The number of benzene rings is 1. The Kier molecular flexibility index (Phi) is 8.41. The van der Waals surface area contributed by atoms with Crippen molar-refractivity contribution in [3.63, 3.8) is 0 Å². The number of hydrogen-bond donors (Lipinski definition) is 0. The first kappa shape index (κ1) is 24.9. The lowest BCUT2D eigenvalue weighted by Gasteiger charge is -2.27. The highest BCUT2D eigenvalue weighted by Crippen LogP contribution is 2.33. The van der Waals surface area contributed by atoms with Gasteiger partial charge in [0.25, 0.3) is 5.91 Å². The first-order valence-corrected chi connectivity index (χ1v) is 13.5. The number of carbonyl (C=O) groups excluding carboxylic acids is 2. The third-order valence-corrected chi connectivity index (χ3v) is 8.06. The van der Waals surface area contributed by atoms with Crippen LogP contribution in [0.3, 0.4) is 0 Å². The van der Waals surface area contributed by atoms with Crippen molar-refractivity contribution in [3.8, 4) is 0 Å². The smallest absolute Gasteiger partial charge is 0.266 e. The van der Waals surface area contributed by atoms with Gasteiger partial charge in [0.15, 0.2) is 0 Å². The normalized spacial score (nSPS) is 19.3. The van der Waals surface area contributed by atoms with Crippen molar-refractivity contribution in [3.05, 3.63) is 57.1 Å². The first-order valence-electron chi connectivity index (χ1n) is 11.4. The number of carbonyl (C=O) groups is 2. The fraction of sp³-hybridized carbons (Fsp3) is 0.400. The largest absolute Gasteiger partial charge is 0.378 e. The zero-order valence-electron chi connectivity index (χ0n) is 19.4. The monoisotopic (exact) mass is 515 g/mol. The predicted octanol–water partition coefficient (Wildman–Crippen LogP) is 4.61. The molecule has 9 heteroatoms. The number of nitrogens with zero attached hydrogens (tertiary/aromatic N) is 3. The summed E-state index contributed by atoms with van der Waals surface area (Å²) in [5, 5.41) is 1.97. The van der Waals surface area contributed by atoms with E-state index in [1.165, 1.54) is 11.8 Å². The minimum absolute atomic E-state index is 0.00322. The Morgan fingerprint density at radius 2 is 2.06 bits per heavy atom. The van der Waals surface area contributed by atoms with Crippen LogP contribution in [0.4, 0.5) is 5.69 Å². The molecular formula is C25H29N3O3S3. The summed E-state index contributed by atoms with van der Waals surface area (Å²) in [7, 11) is 4.01. The summed E-state index contributed by atoms with van der Waals surface area (Å²) in [6.07, 6.45) is 4.15. The minimum atomic E-state index is -0.124. The highest BCUT2D eigenvalue weighted by molar-refractivity contribution is 8.26. The van der Waals surface area contributed by atoms with Gasteiger partial charge in [-0.3, -0.25) is 14.5 Å². The summed E-state index contributed by atoms with van der Waals surface area (Å²) in [6.45, 7) is 2.11. The molecule has 2 aliphatic heterocycles. The van der Waals surface area contributed by atoms with Gasteiger partial charge in [-0.15, -0.1) is 11.3 Å². The van der Waals surface area contributed by atoms with Crippen molar-refractivity contribution in [2.24, 2.45) is 0 Å². The molecule has 2 fully saturated rings. The van der Waals surface area contributed by atoms with Gasteiger partial charge >= 0.3 is 0 Å². The molecule has 0 saturated carbocycles. The molecule has 34 heavy (non-hydrogen) atoms. The van der Waals surface area contributed by atoms with Crippen molar-refractivity contribution in [1.29, 1.82) is 0 Å². The van der Waals surface area contributed by atoms with E-state index in [1.807, 2.05) is 47.5 Å². The Balaban J connectivity index is 1.40. The Hall–Kier alpha value is -2.20. The molecule has 2 saturated heterocycles. The van der Waals surface area contributed by atoms with Gasteiger partial charge in [-0.05, 0) is 48.1 Å². The number of rotatable bonds is 9. The van der Waals surface area contributed by atoms with Crippen molar-refractivity contribution in [2.45, 2.75) is 31.9 Å². The second kappa shape index (κ2) is 11.5. The highest BCUT2D eigenvalue weighted by atomic mass is 32.2. The van der Waals surface area contributed by atoms with Gasteiger partial charge in [0.1, 0.15) is 4.32 Å². The summed E-state index contributed by atoms with van der Waals surface area (Å²) < 4.78 is 6.31. The second-order valence-corrected chi connectivity index (χ2v) is 11.2. The zero-order chi connectivity index (χ0) is 24.1. The number of amides is 2. The molecular weight excluding hydrogens is 486 g/mol. The first-order chi connectivity index (χ1) is 16.4. The molecule has 0 aliphatic carbocycles. The van der Waals surface area contributed by atoms with E-state index in [4.69, 9.17) is 17.0 Å². The molecule has 0 N–H and O–H groups in total. The van der Waals surface area contributed by atoms with E-state index in [0.29, 0.717) is 22.3 Å². The standard InChI is InChI=1S/C25H29N3O3S3/c1-26(2)19-9-7-18(8-10-19)16-27(17-20-5-3-13-31-20)23(29)11-12-28-24(30)22(34-25(28)32)15-21-6-4-14-33-21/h4,6-10,14-15,20H,3,5,11-13,16-17H2,1-2H3/b22-15-. The minimum Gasteiger partial charge on any atom is -0.378 e. The Bertz CT molecular complexity index is 1050. The maximum absolute atomic E-state index is 13.3. The maximum Gasteiger partial charge on any atom is 0.266 e. The molecule has 0 bridgehead atoms. The number of ether oxygens (including phenoxy) is 1. The van der Waals surface area contributed by atoms with Crippen LogP contribution in [0.25, 0.3) is 6.08 Å². The van der Waals surface area contributed by atoms with Gasteiger partial charge < -0.3 is 14.5 Å². The van der Waals surface area contributed by atoms with Gasteiger partial charge in [0.2, 0.25) is 5.91 Å². The summed E-state index contributed by atoms with van der Waals surface area (Å²) >= 11 is 8.32. The summed E-state index contributed by atoms with van der Waals surface area (Å²) in [5.74, 6) is -0.121. The molecule has 0 radical (unpaired) electrons. The van der Waals surface area contributed by atoms with Crippen molar-refractivity contribution in [2.75, 3.05) is 38.7 Å². The summed E-state index contributed by atoms with van der Waals surface area (Å²) in [6, 6.07) is 12.2. The molecule has 4 rings (SSSR count). The van der Waals surface area contributed by atoms with Crippen LogP contribution in [-0.2, 0) is 20.9 Å². The van der Waals surface area contributed by atoms with Crippen molar-refractivity contribution >= 4 is 63.2 Å². The number of thiocarbonyl (C=S) groups is 1. The second-order valence-electron chi connectivity index (χ2n) is 8.57. The molecule has 2 aromatic rings. The third kappa shape index (κ3) is 6.27. The average molecular weight is 516 g/mol. The lowest BCUT2D eigenvalue weighted by Crippen LogP contribution is -2.39. The van der Waals surface area contributed by atoms with E-state index >= 15 is 0 Å². The topological polar surface area (TPSA) is 53.1 Å². The fourth-order valence-corrected chi connectivity index (χ4v) is 6.00. The molecule has 6 nitrogen and oxygen atoms in total. The van der Waals surface area contributed by atoms with Crippen LogP contribution in [0.15, 0.2) is 46.7 Å². The lowest BCUT2D eigenvalue weighted by molar-refractivity contribution is -0.134. The van der Waals surface area contributed by atoms with Crippen molar-refractivity contribution in [1.82, 2.24) is 9.80 Å². The van der Waals surface area contributed by atoms with E-state index in [0.717, 1.165) is 35.6 Å². The molecule has 2 aliphatic rings. The van der Waals surface area contributed by atoms with Gasteiger partial charge in [0, 0.05) is 57.3 Å². The maximum atomic E-state index is 13.3. The molecule has 2 amide bonds. The van der Waals surface area contributed by atoms with E-state index < -0.39 is 0 Å². The predicted molar refractivity (Wildman–Crippen MR) is 144 cm³/mol. The van der Waals surface area contributed by atoms with E-state index in [9.17, 15) is 9.59 Å². The molecule has 3 heterocycles. The van der Waals surface area contributed by atoms with Crippen LogP contribution in [0.5, 0.6) is 0 Å². The molecule has 180 valence electrons. The fourth-order valence-electron chi connectivity index (χ4n) is 3.97. The van der Waals surface area contributed by atoms with E-state index in [1.54, 1.807) is 16.2 Å².